The molecule has 2 aliphatic rings. The number of rotatable bonds is 2. The van der Waals surface area contributed by atoms with Crippen molar-refractivity contribution >= 4 is 11.6 Å². The van der Waals surface area contributed by atoms with Gasteiger partial charge in [0.05, 0.1) is 5.02 Å². The van der Waals surface area contributed by atoms with Crippen molar-refractivity contribution in [3.05, 3.63) is 22.7 Å². The zero-order valence-electron chi connectivity index (χ0n) is 8.96. The summed E-state index contributed by atoms with van der Waals surface area (Å²) in [5, 5.41) is 4.12. The lowest BCUT2D eigenvalue weighted by Gasteiger charge is -2.12. The number of hydrogen-bond acceptors (Lipinski definition) is 3. The maximum atomic E-state index is 6.04. The summed E-state index contributed by atoms with van der Waals surface area (Å²) < 4.78 is 10.8. The van der Waals surface area contributed by atoms with Crippen LogP contribution in [0, 0.1) is 0 Å². The van der Waals surface area contributed by atoms with E-state index in [9.17, 15) is 0 Å². The molecule has 1 aromatic rings. The number of halogens is 1. The fraction of sp³-hybridized carbons (Fsp3) is 0.500. The Balaban J connectivity index is 1.87. The van der Waals surface area contributed by atoms with Crippen molar-refractivity contribution < 1.29 is 9.47 Å². The lowest BCUT2D eigenvalue weighted by Crippen LogP contribution is -2.23. The maximum absolute atomic E-state index is 6.04. The molecule has 1 unspecified atom stereocenters. The minimum Gasteiger partial charge on any atom is -0.453 e. The third-order valence-corrected chi connectivity index (χ3v) is 3.48. The molecular weight excluding hydrogens is 226 g/mol. The lowest BCUT2D eigenvalue weighted by molar-refractivity contribution is 0.173. The molecule has 0 spiro atoms. The number of fused-ring (bicyclic) bond motifs is 1. The molecule has 3 rings (SSSR count). The maximum Gasteiger partial charge on any atom is 0.231 e. The van der Waals surface area contributed by atoms with Crippen LogP contribution in [0.5, 0.6) is 11.5 Å². The van der Waals surface area contributed by atoms with Crippen molar-refractivity contribution in [2.24, 2.45) is 0 Å². The Labute approximate surface area is 99.7 Å². The largest absolute Gasteiger partial charge is 0.453 e. The van der Waals surface area contributed by atoms with E-state index >= 15 is 0 Å². The van der Waals surface area contributed by atoms with Gasteiger partial charge in [0.2, 0.25) is 6.79 Å². The van der Waals surface area contributed by atoms with Gasteiger partial charge in [-0.25, -0.2) is 0 Å². The van der Waals surface area contributed by atoms with Crippen molar-refractivity contribution in [3.8, 4) is 11.5 Å². The molecule has 1 atom stereocenters. The van der Waals surface area contributed by atoms with Gasteiger partial charge in [-0.05, 0) is 37.4 Å². The highest BCUT2D eigenvalue weighted by Crippen LogP contribution is 2.42. The molecule has 0 aromatic heterocycles. The summed E-state index contributed by atoms with van der Waals surface area (Å²) in [7, 11) is 0. The molecule has 0 aliphatic carbocycles. The summed E-state index contributed by atoms with van der Waals surface area (Å²) in [5.41, 5.74) is 1.19. The number of ether oxygens (including phenoxy) is 2. The van der Waals surface area contributed by atoms with Crippen LogP contribution in [0.4, 0.5) is 0 Å². The molecule has 0 radical (unpaired) electrons. The van der Waals surface area contributed by atoms with Gasteiger partial charge >= 0.3 is 0 Å². The molecular formula is C12H14ClNO2. The van der Waals surface area contributed by atoms with Crippen LogP contribution in [0.3, 0.4) is 0 Å². The fourth-order valence-corrected chi connectivity index (χ4v) is 2.58. The quantitative estimate of drug-likeness (QED) is 0.860. The van der Waals surface area contributed by atoms with E-state index in [4.69, 9.17) is 21.1 Å². The Morgan fingerprint density at radius 3 is 3.00 bits per heavy atom. The molecule has 1 fully saturated rings. The molecule has 1 aromatic carbocycles. The van der Waals surface area contributed by atoms with Crippen LogP contribution < -0.4 is 14.8 Å². The molecule has 2 heterocycles. The van der Waals surface area contributed by atoms with Gasteiger partial charge in [0.15, 0.2) is 11.5 Å². The van der Waals surface area contributed by atoms with Crippen LogP contribution in [-0.4, -0.2) is 19.4 Å². The van der Waals surface area contributed by atoms with Gasteiger partial charge in [0, 0.05) is 6.04 Å². The molecule has 3 nitrogen and oxygen atoms in total. The van der Waals surface area contributed by atoms with E-state index in [1.54, 1.807) is 0 Å². The first-order chi connectivity index (χ1) is 7.84. The van der Waals surface area contributed by atoms with Crippen molar-refractivity contribution in [1.29, 1.82) is 0 Å². The van der Waals surface area contributed by atoms with Crippen molar-refractivity contribution in [2.75, 3.05) is 13.3 Å². The van der Waals surface area contributed by atoms with E-state index in [1.807, 2.05) is 12.1 Å². The van der Waals surface area contributed by atoms with Gasteiger partial charge < -0.3 is 14.8 Å². The first kappa shape index (κ1) is 10.2. The summed E-state index contributed by atoms with van der Waals surface area (Å²) >= 11 is 6.04. The van der Waals surface area contributed by atoms with E-state index in [1.165, 1.54) is 18.4 Å². The van der Waals surface area contributed by atoms with Gasteiger partial charge in [-0.2, -0.15) is 0 Å². The summed E-state index contributed by atoms with van der Waals surface area (Å²) in [6.07, 6.45) is 3.49. The first-order valence-electron chi connectivity index (χ1n) is 5.65. The van der Waals surface area contributed by atoms with Crippen molar-refractivity contribution in [2.45, 2.75) is 25.3 Å². The molecule has 1 saturated heterocycles. The second kappa shape index (κ2) is 4.15. The van der Waals surface area contributed by atoms with Crippen LogP contribution in [-0.2, 0) is 6.42 Å². The highest BCUT2D eigenvalue weighted by atomic mass is 35.5. The molecule has 86 valence electrons. The third kappa shape index (κ3) is 1.74. The molecule has 0 amide bonds. The van der Waals surface area contributed by atoms with E-state index < -0.39 is 0 Å². The van der Waals surface area contributed by atoms with Crippen LogP contribution in [0.2, 0.25) is 5.02 Å². The number of nitrogens with one attached hydrogen (secondary N) is 1. The van der Waals surface area contributed by atoms with Crippen LogP contribution in [0.15, 0.2) is 12.1 Å². The zero-order valence-corrected chi connectivity index (χ0v) is 9.72. The molecule has 0 saturated carbocycles. The second-order valence-corrected chi connectivity index (χ2v) is 4.68. The highest BCUT2D eigenvalue weighted by Gasteiger charge is 2.23. The van der Waals surface area contributed by atoms with E-state index in [0.29, 0.717) is 16.8 Å². The second-order valence-electron chi connectivity index (χ2n) is 4.27. The molecule has 1 N–H and O–H groups in total. The SMILES string of the molecule is Clc1ccc(CC2CCCN2)c2c1OCO2. The first-order valence-corrected chi connectivity index (χ1v) is 6.03. The van der Waals surface area contributed by atoms with Gasteiger partial charge in [-0.15, -0.1) is 0 Å². The van der Waals surface area contributed by atoms with E-state index in [2.05, 4.69) is 5.32 Å². The summed E-state index contributed by atoms with van der Waals surface area (Å²) in [5.74, 6) is 1.54. The van der Waals surface area contributed by atoms with E-state index in [0.717, 1.165) is 18.7 Å². The van der Waals surface area contributed by atoms with Crippen molar-refractivity contribution in [1.82, 2.24) is 5.32 Å². The van der Waals surface area contributed by atoms with Gasteiger partial charge in [-0.1, -0.05) is 17.7 Å². The average molecular weight is 240 g/mol. The van der Waals surface area contributed by atoms with Gasteiger partial charge in [0.1, 0.15) is 0 Å². The molecule has 2 aliphatic heterocycles. The topological polar surface area (TPSA) is 30.5 Å². The molecule has 0 bridgehead atoms. The van der Waals surface area contributed by atoms with Crippen LogP contribution in [0.1, 0.15) is 18.4 Å². The Bertz CT molecular complexity index is 402. The summed E-state index contributed by atoms with van der Waals surface area (Å²) in [6, 6.07) is 4.49. The number of benzene rings is 1. The van der Waals surface area contributed by atoms with Crippen LogP contribution in [0.25, 0.3) is 0 Å². The predicted octanol–water partition coefficient (Wildman–Crippen LogP) is 2.36. The molecule has 16 heavy (non-hydrogen) atoms. The lowest BCUT2D eigenvalue weighted by atomic mass is 10.0. The van der Waals surface area contributed by atoms with Gasteiger partial charge in [-0.3, -0.25) is 0 Å². The Morgan fingerprint density at radius 1 is 1.31 bits per heavy atom. The van der Waals surface area contributed by atoms with Gasteiger partial charge in [0.25, 0.3) is 0 Å². The summed E-state index contributed by atoms with van der Waals surface area (Å²) in [4.78, 5) is 0. The van der Waals surface area contributed by atoms with Crippen LogP contribution >= 0.6 is 11.6 Å². The zero-order chi connectivity index (χ0) is 11.0. The summed E-state index contributed by atoms with van der Waals surface area (Å²) in [6.45, 7) is 1.40. The normalized spacial score (nSPS) is 22.7. The third-order valence-electron chi connectivity index (χ3n) is 3.18. The number of hydrogen-bond donors (Lipinski definition) is 1. The highest BCUT2D eigenvalue weighted by molar-refractivity contribution is 6.32. The minimum atomic E-state index is 0.282. The Hall–Kier alpha value is -0.930. The van der Waals surface area contributed by atoms with Crippen molar-refractivity contribution in [3.63, 3.8) is 0 Å². The Kier molecular flexibility index (Phi) is 2.65. The predicted molar refractivity (Wildman–Crippen MR) is 62.3 cm³/mol. The average Bonchev–Trinajstić information content (AvgIpc) is 2.92. The standard InChI is InChI=1S/C12H14ClNO2/c13-10-4-3-8(6-9-2-1-5-14-9)11-12(10)16-7-15-11/h3-4,9,14H,1-2,5-7H2. The monoisotopic (exact) mass is 239 g/mol. The Morgan fingerprint density at radius 2 is 2.19 bits per heavy atom. The molecule has 4 heteroatoms. The minimum absolute atomic E-state index is 0.282. The fourth-order valence-electron chi connectivity index (χ4n) is 2.38. The smallest absolute Gasteiger partial charge is 0.231 e. The van der Waals surface area contributed by atoms with E-state index in [-0.39, 0.29) is 6.79 Å².